The first-order valence-electron chi connectivity index (χ1n) is 9.41. The van der Waals surface area contributed by atoms with E-state index in [9.17, 15) is 9.18 Å². The quantitative estimate of drug-likeness (QED) is 0.474. The lowest BCUT2D eigenvalue weighted by atomic mass is 10.1. The van der Waals surface area contributed by atoms with Gasteiger partial charge >= 0.3 is 0 Å². The largest absolute Gasteiger partial charge is 0.497 e. The second-order valence-electron chi connectivity index (χ2n) is 6.76. The van der Waals surface area contributed by atoms with Crippen molar-refractivity contribution >= 4 is 33.1 Å². The number of nitrogens with two attached hydrogens (primary N) is 1. The molecule has 0 atom stereocenters. The molecule has 7 heteroatoms. The average molecular weight is 421 g/mol. The number of methoxy groups -OCH3 is 1. The molecule has 1 amide bonds. The Hall–Kier alpha value is -3.45. The highest BCUT2D eigenvalue weighted by atomic mass is 32.1. The highest BCUT2D eigenvalue weighted by Crippen LogP contribution is 2.34. The van der Waals surface area contributed by atoms with Gasteiger partial charge in [-0.05, 0) is 48.4 Å². The number of rotatable bonds is 6. The Kier molecular flexibility index (Phi) is 5.63. The number of amides is 1. The number of aromatic nitrogens is 1. The highest BCUT2D eigenvalue weighted by molar-refractivity contribution is 7.21. The number of thiophene rings is 1. The number of pyridine rings is 1. The van der Waals surface area contributed by atoms with Gasteiger partial charge in [0.2, 0.25) is 0 Å². The summed E-state index contributed by atoms with van der Waals surface area (Å²) in [6.45, 7) is 0.431. The van der Waals surface area contributed by atoms with E-state index >= 15 is 0 Å². The van der Waals surface area contributed by atoms with E-state index in [4.69, 9.17) is 10.5 Å². The Morgan fingerprint density at radius 2 is 1.97 bits per heavy atom. The molecule has 0 unspecified atom stereocenters. The summed E-state index contributed by atoms with van der Waals surface area (Å²) in [4.78, 5) is 18.5. The predicted octanol–water partition coefficient (Wildman–Crippen LogP) is 4.67. The Bertz CT molecular complexity index is 1210. The lowest BCUT2D eigenvalue weighted by molar-refractivity contribution is 0.0959. The van der Waals surface area contributed by atoms with E-state index in [1.807, 2.05) is 36.4 Å². The third kappa shape index (κ3) is 4.11. The standard InChI is InChI=1S/C23H20FN3O2S/c1-29-17-4-2-3-15(13-17)19-10-9-18-20(25)21(30-23(18)27-19)22(28)26-12-11-14-5-7-16(24)8-6-14/h2-10,13H,11-12,25H2,1H3,(H,26,28). The van der Waals surface area contributed by atoms with Crippen LogP contribution in [-0.4, -0.2) is 24.5 Å². The molecule has 0 bridgehead atoms. The van der Waals surface area contributed by atoms with Crippen molar-refractivity contribution in [2.24, 2.45) is 0 Å². The third-order valence-electron chi connectivity index (χ3n) is 4.78. The number of nitrogen functional groups attached to an aromatic ring is 1. The number of hydrogen-bond acceptors (Lipinski definition) is 5. The molecule has 4 aromatic rings. The number of nitrogens with one attached hydrogen (secondary N) is 1. The van der Waals surface area contributed by atoms with Gasteiger partial charge in [0.1, 0.15) is 21.3 Å². The smallest absolute Gasteiger partial charge is 0.263 e. The van der Waals surface area contributed by atoms with Crippen LogP contribution in [0.4, 0.5) is 10.1 Å². The van der Waals surface area contributed by atoms with Crippen molar-refractivity contribution in [2.45, 2.75) is 6.42 Å². The van der Waals surface area contributed by atoms with Crippen molar-refractivity contribution in [3.63, 3.8) is 0 Å². The van der Waals surface area contributed by atoms with Gasteiger partial charge < -0.3 is 15.8 Å². The number of hydrogen-bond donors (Lipinski definition) is 2. The Labute approximate surface area is 177 Å². The molecule has 152 valence electrons. The summed E-state index contributed by atoms with van der Waals surface area (Å²) in [5, 5.41) is 3.64. The van der Waals surface area contributed by atoms with Crippen molar-refractivity contribution in [1.29, 1.82) is 0 Å². The Morgan fingerprint density at radius 1 is 1.17 bits per heavy atom. The molecule has 0 aliphatic rings. The number of carbonyl (C=O) groups excluding carboxylic acids is 1. The van der Waals surface area contributed by atoms with E-state index in [1.54, 1.807) is 19.2 Å². The van der Waals surface area contributed by atoms with Crippen LogP contribution >= 0.6 is 11.3 Å². The summed E-state index contributed by atoms with van der Waals surface area (Å²) in [6.07, 6.45) is 0.606. The zero-order valence-corrected chi connectivity index (χ0v) is 17.1. The van der Waals surface area contributed by atoms with Gasteiger partial charge in [0.25, 0.3) is 5.91 Å². The molecule has 2 heterocycles. The van der Waals surface area contributed by atoms with E-state index in [0.717, 1.165) is 28.0 Å². The van der Waals surface area contributed by atoms with Crippen LogP contribution in [0, 0.1) is 5.82 Å². The van der Waals surface area contributed by atoms with E-state index in [0.29, 0.717) is 28.4 Å². The molecule has 3 N–H and O–H groups in total. The molecule has 5 nitrogen and oxygen atoms in total. The topological polar surface area (TPSA) is 77.2 Å². The van der Waals surface area contributed by atoms with Gasteiger partial charge in [-0.1, -0.05) is 24.3 Å². The van der Waals surface area contributed by atoms with Crippen LogP contribution < -0.4 is 15.8 Å². The second-order valence-corrected chi connectivity index (χ2v) is 7.76. The highest BCUT2D eigenvalue weighted by Gasteiger charge is 2.17. The summed E-state index contributed by atoms with van der Waals surface area (Å²) >= 11 is 1.27. The molecule has 0 aliphatic heterocycles. The zero-order valence-electron chi connectivity index (χ0n) is 16.3. The summed E-state index contributed by atoms with van der Waals surface area (Å²) in [6, 6.07) is 17.7. The molecule has 4 rings (SSSR count). The molecular weight excluding hydrogens is 401 g/mol. The first kappa shape index (κ1) is 19.8. The minimum atomic E-state index is -0.276. The van der Waals surface area contributed by atoms with Crippen molar-refractivity contribution in [3.8, 4) is 17.0 Å². The average Bonchev–Trinajstić information content (AvgIpc) is 3.11. The minimum Gasteiger partial charge on any atom is -0.497 e. The maximum Gasteiger partial charge on any atom is 0.263 e. The van der Waals surface area contributed by atoms with Crippen molar-refractivity contribution in [1.82, 2.24) is 10.3 Å². The number of ether oxygens (including phenoxy) is 1. The van der Waals surface area contributed by atoms with Gasteiger partial charge in [0, 0.05) is 17.5 Å². The Morgan fingerprint density at radius 3 is 2.73 bits per heavy atom. The van der Waals surface area contributed by atoms with Gasteiger partial charge in [0.15, 0.2) is 0 Å². The van der Waals surface area contributed by atoms with Gasteiger partial charge in [-0.25, -0.2) is 9.37 Å². The van der Waals surface area contributed by atoms with E-state index in [2.05, 4.69) is 10.3 Å². The summed E-state index contributed by atoms with van der Waals surface area (Å²) in [7, 11) is 1.62. The van der Waals surface area contributed by atoms with Crippen LogP contribution in [0.15, 0.2) is 60.7 Å². The van der Waals surface area contributed by atoms with E-state index in [1.165, 1.54) is 23.5 Å². The maximum atomic E-state index is 13.0. The summed E-state index contributed by atoms with van der Waals surface area (Å²) in [5.74, 6) is 0.239. The van der Waals surface area contributed by atoms with E-state index < -0.39 is 0 Å². The maximum absolute atomic E-state index is 13.0. The predicted molar refractivity (Wildman–Crippen MR) is 118 cm³/mol. The van der Waals surface area contributed by atoms with Gasteiger partial charge in [-0.3, -0.25) is 4.79 Å². The molecule has 2 aromatic heterocycles. The third-order valence-corrected chi connectivity index (χ3v) is 5.89. The van der Waals surface area contributed by atoms with Gasteiger partial charge in [-0.2, -0.15) is 0 Å². The molecule has 0 spiro atoms. The fourth-order valence-corrected chi connectivity index (χ4v) is 4.17. The van der Waals surface area contributed by atoms with Gasteiger partial charge in [-0.15, -0.1) is 11.3 Å². The van der Waals surface area contributed by atoms with Crippen LogP contribution in [-0.2, 0) is 6.42 Å². The number of benzene rings is 2. The molecule has 0 radical (unpaired) electrons. The van der Waals surface area contributed by atoms with Crippen molar-refractivity contribution in [2.75, 3.05) is 19.4 Å². The monoisotopic (exact) mass is 421 g/mol. The first-order valence-corrected chi connectivity index (χ1v) is 10.2. The summed E-state index contributed by atoms with van der Waals surface area (Å²) in [5.41, 5.74) is 9.31. The Balaban J connectivity index is 1.52. The molecule has 0 fully saturated rings. The number of carbonyl (C=O) groups is 1. The van der Waals surface area contributed by atoms with Crippen LogP contribution in [0.25, 0.3) is 21.5 Å². The molecule has 2 aromatic carbocycles. The number of halogens is 1. The number of fused-ring (bicyclic) bond motifs is 1. The van der Waals surface area contributed by atoms with Gasteiger partial charge in [0.05, 0.1) is 18.5 Å². The number of nitrogens with zero attached hydrogens (tertiary/aromatic N) is 1. The van der Waals surface area contributed by atoms with Crippen LogP contribution in [0.5, 0.6) is 5.75 Å². The molecule has 0 saturated heterocycles. The first-order chi connectivity index (χ1) is 14.5. The minimum absolute atomic E-state index is 0.236. The van der Waals surface area contributed by atoms with Crippen LogP contribution in [0.2, 0.25) is 0 Å². The molecule has 0 aliphatic carbocycles. The second kappa shape index (κ2) is 8.51. The van der Waals surface area contributed by atoms with Crippen molar-refractivity contribution in [3.05, 3.63) is 76.9 Å². The summed E-state index contributed by atoms with van der Waals surface area (Å²) < 4.78 is 18.3. The molecular formula is C23H20FN3O2S. The lowest BCUT2D eigenvalue weighted by Crippen LogP contribution is -2.25. The lowest BCUT2D eigenvalue weighted by Gasteiger charge is -2.05. The zero-order chi connectivity index (χ0) is 21.1. The fourth-order valence-electron chi connectivity index (χ4n) is 3.16. The van der Waals surface area contributed by atoms with Crippen LogP contribution in [0.1, 0.15) is 15.2 Å². The van der Waals surface area contributed by atoms with Crippen molar-refractivity contribution < 1.29 is 13.9 Å². The fraction of sp³-hybridized carbons (Fsp3) is 0.130. The number of anilines is 1. The molecule has 30 heavy (non-hydrogen) atoms. The van der Waals surface area contributed by atoms with Crippen LogP contribution in [0.3, 0.4) is 0 Å². The normalized spacial score (nSPS) is 10.9. The van der Waals surface area contributed by atoms with E-state index in [-0.39, 0.29) is 11.7 Å². The SMILES string of the molecule is COc1cccc(-c2ccc3c(N)c(C(=O)NCCc4ccc(F)cc4)sc3n2)c1. The molecule has 0 saturated carbocycles.